The topological polar surface area (TPSA) is 26.3 Å². The molecule has 1 saturated heterocycles. The number of rotatable bonds is 3. The van der Waals surface area contributed by atoms with Gasteiger partial charge in [-0.05, 0) is 30.2 Å². The van der Waals surface area contributed by atoms with Crippen molar-refractivity contribution in [2.75, 3.05) is 18.6 Å². The molecule has 1 fully saturated rings. The highest BCUT2D eigenvalue weighted by Crippen LogP contribution is 2.29. The molecule has 1 aromatic carbocycles. The zero-order chi connectivity index (χ0) is 11.4. The number of ether oxygens (including phenoxy) is 1. The van der Waals surface area contributed by atoms with E-state index in [9.17, 15) is 4.21 Å². The molecule has 0 aromatic heterocycles. The Labute approximate surface area is 103 Å². The van der Waals surface area contributed by atoms with Gasteiger partial charge in [-0.3, -0.25) is 4.21 Å². The van der Waals surface area contributed by atoms with E-state index in [2.05, 4.69) is 6.07 Å². The van der Waals surface area contributed by atoms with Crippen molar-refractivity contribution in [3.05, 3.63) is 29.8 Å². The Hall–Kier alpha value is -0.480. The van der Waals surface area contributed by atoms with Crippen LogP contribution in [0, 0.1) is 0 Å². The first-order chi connectivity index (χ1) is 7.81. The number of hydrogen-bond donors (Lipinski definition) is 0. The van der Waals surface area contributed by atoms with Crippen molar-refractivity contribution in [3.63, 3.8) is 0 Å². The monoisotopic (exact) mass is 256 g/mol. The first-order valence-electron chi connectivity index (χ1n) is 5.42. The molecule has 2 unspecified atom stereocenters. The fraction of sp³-hybridized carbons (Fsp3) is 0.500. The van der Waals surface area contributed by atoms with E-state index < -0.39 is 10.8 Å². The van der Waals surface area contributed by atoms with Crippen molar-refractivity contribution in [2.24, 2.45) is 0 Å². The predicted octanol–water partition coefficient (Wildman–Crippen LogP) is 2.45. The minimum Gasteiger partial charge on any atom is -0.496 e. The third kappa shape index (κ3) is 2.80. The molecule has 0 amide bonds. The third-order valence-electron chi connectivity index (χ3n) is 2.67. The van der Waals surface area contributed by atoms with Gasteiger partial charge in [0, 0.05) is 16.6 Å². The van der Waals surface area contributed by atoms with E-state index in [0.717, 1.165) is 35.7 Å². The summed E-state index contributed by atoms with van der Waals surface area (Å²) in [6.45, 7) is 0. The average Bonchev–Trinajstić information content (AvgIpc) is 2.33. The second-order valence-electron chi connectivity index (χ2n) is 3.75. The van der Waals surface area contributed by atoms with E-state index in [1.165, 1.54) is 0 Å². The SMILES string of the molecule is COc1ccccc1CC1SCCCS1=O. The molecular formula is C12H16O2S2. The molecule has 2 nitrogen and oxygen atoms in total. The summed E-state index contributed by atoms with van der Waals surface area (Å²) in [5, 5.41) is 0. The summed E-state index contributed by atoms with van der Waals surface area (Å²) in [7, 11) is 1.00. The lowest BCUT2D eigenvalue weighted by molar-refractivity contribution is 0.410. The standard InChI is InChI=1S/C12H16O2S2/c1-14-11-6-3-2-5-10(11)9-12-15-7-4-8-16(12)13/h2-3,5-6,12H,4,7-9H2,1H3. The molecule has 2 atom stereocenters. The number of para-hydroxylation sites is 1. The summed E-state index contributed by atoms with van der Waals surface area (Å²) >= 11 is 1.83. The predicted molar refractivity (Wildman–Crippen MR) is 70.6 cm³/mol. The summed E-state index contributed by atoms with van der Waals surface area (Å²) in [6.07, 6.45) is 1.93. The van der Waals surface area contributed by atoms with Gasteiger partial charge in [-0.1, -0.05) is 18.2 Å². The van der Waals surface area contributed by atoms with E-state index in [-0.39, 0.29) is 4.58 Å². The van der Waals surface area contributed by atoms with Crippen molar-refractivity contribution in [1.29, 1.82) is 0 Å². The van der Waals surface area contributed by atoms with Gasteiger partial charge < -0.3 is 4.74 Å². The molecule has 1 aromatic rings. The molecule has 88 valence electrons. The van der Waals surface area contributed by atoms with Crippen LogP contribution in [-0.2, 0) is 17.2 Å². The Morgan fingerprint density at radius 3 is 3.06 bits per heavy atom. The number of thioether (sulfide) groups is 1. The van der Waals surface area contributed by atoms with Crippen LogP contribution in [0.2, 0.25) is 0 Å². The van der Waals surface area contributed by atoms with Gasteiger partial charge in [0.05, 0.1) is 11.7 Å². The second-order valence-corrected chi connectivity index (χ2v) is 7.10. The Morgan fingerprint density at radius 2 is 2.31 bits per heavy atom. The number of benzene rings is 1. The van der Waals surface area contributed by atoms with Gasteiger partial charge in [-0.15, -0.1) is 11.8 Å². The maximum atomic E-state index is 11.8. The highest BCUT2D eigenvalue weighted by molar-refractivity contribution is 8.11. The molecule has 1 heterocycles. The quantitative estimate of drug-likeness (QED) is 0.831. The summed E-state index contributed by atoms with van der Waals surface area (Å²) in [5.74, 6) is 2.89. The maximum Gasteiger partial charge on any atom is 0.122 e. The number of hydrogen-bond acceptors (Lipinski definition) is 3. The molecule has 0 radical (unpaired) electrons. The minimum absolute atomic E-state index is 0.241. The lowest BCUT2D eigenvalue weighted by Crippen LogP contribution is -2.22. The van der Waals surface area contributed by atoms with Crippen LogP contribution in [0.5, 0.6) is 5.75 Å². The zero-order valence-electron chi connectivity index (χ0n) is 9.35. The van der Waals surface area contributed by atoms with Crippen molar-refractivity contribution < 1.29 is 8.95 Å². The molecule has 0 saturated carbocycles. The first kappa shape index (κ1) is 12.0. The minimum atomic E-state index is -0.681. The Balaban J connectivity index is 2.10. The second kappa shape index (κ2) is 5.73. The van der Waals surface area contributed by atoms with Crippen LogP contribution in [0.4, 0.5) is 0 Å². The van der Waals surface area contributed by atoms with Crippen LogP contribution in [-0.4, -0.2) is 27.4 Å². The van der Waals surface area contributed by atoms with Crippen LogP contribution in [0.15, 0.2) is 24.3 Å². The van der Waals surface area contributed by atoms with Gasteiger partial charge in [0.2, 0.25) is 0 Å². The largest absolute Gasteiger partial charge is 0.496 e. The molecule has 1 aliphatic rings. The molecule has 4 heteroatoms. The van der Waals surface area contributed by atoms with E-state index in [4.69, 9.17) is 4.74 Å². The average molecular weight is 256 g/mol. The van der Waals surface area contributed by atoms with E-state index >= 15 is 0 Å². The lowest BCUT2D eigenvalue weighted by atomic mass is 10.1. The summed E-state index contributed by atoms with van der Waals surface area (Å²) in [4.78, 5) is 0. The maximum absolute atomic E-state index is 11.8. The Bertz CT molecular complexity index is 379. The van der Waals surface area contributed by atoms with Crippen molar-refractivity contribution in [3.8, 4) is 5.75 Å². The molecular weight excluding hydrogens is 240 g/mol. The molecule has 2 rings (SSSR count). The summed E-state index contributed by atoms with van der Waals surface area (Å²) in [6, 6.07) is 8.00. The first-order valence-corrected chi connectivity index (χ1v) is 7.85. The van der Waals surface area contributed by atoms with Crippen LogP contribution >= 0.6 is 11.8 Å². The van der Waals surface area contributed by atoms with Crippen molar-refractivity contribution in [1.82, 2.24) is 0 Å². The molecule has 0 spiro atoms. The summed E-state index contributed by atoms with van der Waals surface area (Å²) < 4.78 is 17.4. The van der Waals surface area contributed by atoms with Gasteiger partial charge in [0.15, 0.2) is 0 Å². The van der Waals surface area contributed by atoms with Crippen molar-refractivity contribution in [2.45, 2.75) is 17.4 Å². The van der Waals surface area contributed by atoms with Crippen LogP contribution in [0.3, 0.4) is 0 Å². The van der Waals surface area contributed by atoms with Crippen molar-refractivity contribution >= 4 is 22.6 Å². The normalized spacial score (nSPS) is 25.3. The fourth-order valence-electron chi connectivity index (χ4n) is 1.83. The van der Waals surface area contributed by atoms with E-state index in [1.54, 1.807) is 7.11 Å². The van der Waals surface area contributed by atoms with Crippen LogP contribution in [0.1, 0.15) is 12.0 Å². The smallest absolute Gasteiger partial charge is 0.122 e. The fourth-order valence-corrected chi connectivity index (χ4v) is 5.12. The number of methoxy groups -OCH3 is 1. The highest BCUT2D eigenvalue weighted by Gasteiger charge is 2.22. The zero-order valence-corrected chi connectivity index (χ0v) is 11.0. The molecule has 0 N–H and O–H groups in total. The van der Waals surface area contributed by atoms with Gasteiger partial charge in [0.1, 0.15) is 5.75 Å². The van der Waals surface area contributed by atoms with Crippen LogP contribution < -0.4 is 4.74 Å². The Kier molecular flexibility index (Phi) is 4.29. The van der Waals surface area contributed by atoms with Gasteiger partial charge in [-0.25, -0.2) is 0 Å². The Morgan fingerprint density at radius 1 is 1.50 bits per heavy atom. The van der Waals surface area contributed by atoms with Gasteiger partial charge in [0.25, 0.3) is 0 Å². The summed E-state index contributed by atoms with van der Waals surface area (Å²) in [5.41, 5.74) is 1.16. The molecule has 0 aliphatic carbocycles. The van der Waals surface area contributed by atoms with Crippen LogP contribution in [0.25, 0.3) is 0 Å². The molecule has 16 heavy (non-hydrogen) atoms. The van der Waals surface area contributed by atoms with Gasteiger partial charge >= 0.3 is 0 Å². The third-order valence-corrected chi connectivity index (χ3v) is 6.23. The highest BCUT2D eigenvalue weighted by atomic mass is 32.2. The molecule has 1 aliphatic heterocycles. The molecule has 0 bridgehead atoms. The van der Waals surface area contributed by atoms with E-state index in [1.807, 2.05) is 30.0 Å². The van der Waals surface area contributed by atoms with E-state index in [0.29, 0.717) is 0 Å². The lowest BCUT2D eigenvalue weighted by Gasteiger charge is -2.21. The van der Waals surface area contributed by atoms with Gasteiger partial charge in [-0.2, -0.15) is 0 Å².